The largest absolute Gasteiger partial charge is 0.172 e. The fourth-order valence-electron chi connectivity index (χ4n) is 1.50. The Morgan fingerprint density at radius 2 is 2.06 bits per heavy atom. The van der Waals surface area contributed by atoms with E-state index in [1.54, 1.807) is 11.3 Å². The van der Waals surface area contributed by atoms with Crippen LogP contribution < -0.4 is 0 Å². The van der Waals surface area contributed by atoms with E-state index >= 15 is 0 Å². The lowest BCUT2D eigenvalue weighted by Crippen LogP contribution is -1.80. The van der Waals surface area contributed by atoms with Gasteiger partial charge in [-0.05, 0) is 33.4 Å². The van der Waals surface area contributed by atoms with Crippen molar-refractivity contribution in [1.82, 2.24) is 8.75 Å². The number of halogens is 2. The van der Waals surface area contributed by atoms with Crippen LogP contribution in [0.3, 0.4) is 0 Å². The van der Waals surface area contributed by atoms with Crippen LogP contribution in [-0.4, -0.2) is 8.75 Å². The van der Waals surface area contributed by atoms with Crippen LogP contribution >= 0.6 is 50.6 Å². The fourth-order valence-corrected chi connectivity index (χ4v) is 3.52. The fraction of sp³-hybridized carbons (Fsp3) is 0. The van der Waals surface area contributed by atoms with Crippen molar-refractivity contribution in [3.63, 3.8) is 0 Å². The van der Waals surface area contributed by atoms with Gasteiger partial charge in [-0.25, -0.2) is 0 Å². The molecule has 0 saturated carbocycles. The molecule has 0 bridgehead atoms. The maximum atomic E-state index is 6.16. The molecule has 6 heteroatoms. The van der Waals surface area contributed by atoms with E-state index in [0.717, 1.165) is 25.9 Å². The molecule has 0 unspecified atom stereocenters. The number of rotatable bonds is 1. The zero-order valence-electron chi connectivity index (χ0n) is 7.78. The summed E-state index contributed by atoms with van der Waals surface area (Å²) in [6, 6.07) is 6.01. The van der Waals surface area contributed by atoms with Crippen LogP contribution in [0.4, 0.5) is 0 Å². The number of aromatic nitrogens is 2. The summed E-state index contributed by atoms with van der Waals surface area (Å²) in [5, 5.41) is 2.71. The zero-order valence-corrected chi connectivity index (χ0v) is 11.8. The summed E-state index contributed by atoms with van der Waals surface area (Å²) in [5.74, 6) is 0. The van der Waals surface area contributed by atoms with Crippen LogP contribution in [0.25, 0.3) is 21.5 Å². The Labute approximate surface area is 113 Å². The van der Waals surface area contributed by atoms with Crippen LogP contribution in [-0.2, 0) is 0 Å². The summed E-state index contributed by atoms with van der Waals surface area (Å²) < 4.78 is 9.40. The summed E-state index contributed by atoms with van der Waals surface area (Å²) in [6.07, 6.45) is 0. The first-order valence-corrected chi connectivity index (χ1v) is 7.19. The van der Waals surface area contributed by atoms with Crippen LogP contribution in [0.2, 0.25) is 5.02 Å². The molecule has 0 aliphatic heterocycles. The Kier molecular flexibility index (Phi) is 2.71. The molecule has 0 atom stereocenters. The summed E-state index contributed by atoms with van der Waals surface area (Å²) in [7, 11) is 0. The molecule has 3 aromatic rings. The molecule has 1 aromatic carbocycles. The molecule has 2 nitrogen and oxygen atoms in total. The van der Waals surface area contributed by atoms with E-state index in [9.17, 15) is 0 Å². The number of thiophene rings is 1. The molecule has 0 amide bonds. The molecule has 0 fully saturated rings. The van der Waals surface area contributed by atoms with Crippen molar-refractivity contribution < 1.29 is 0 Å². The second-order valence-electron chi connectivity index (χ2n) is 3.16. The Morgan fingerprint density at radius 3 is 2.81 bits per heavy atom. The van der Waals surface area contributed by atoms with E-state index in [-0.39, 0.29) is 0 Å². The molecule has 2 aromatic heterocycles. The number of benzene rings is 1. The average Bonchev–Trinajstić information content (AvgIpc) is 2.93. The Bertz CT molecular complexity index is 648. The smallest absolute Gasteiger partial charge is 0.121 e. The maximum absolute atomic E-state index is 6.16. The van der Waals surface area contributed by atoms with Gasteiger partial charge in [0.05, 0.1) is 21.2 Å². The molecule has 16 heavy (non-hydrogen) atoms. The molecule has 80 valence electrons. The molecule has 0 N–H and O–H groups in total. The quantitative estimate of drug-likeness (QED) is 0.638. The van der Waals surface area contributed by atoms with Gasteiger partial charge < -0.3 is 0 Å². The number of hydrogen-bond acceptors (Lipinski definition) is 4. The van der Waals surface area contributed by atoms with Crippen LogP contribution in [0.1, 0.15) is 0 Å². The lowest BCUT2D eigenvalue weighted by molar-refractivity contribution is 1.61. The van der Waals surface area contributed by atoms with Gasteiger partial charge in [0.2, 0.25) is 0 Å². The topological polar surface area (TPSA) is 25.8 Å². The molecule has 0 radical (unpaired) electrons. The van der Waals surface area contributed by atoms with E-state index in [4.69, 9.17) is 11.6 Å². The van der Waals surface area contributed by atoms with E-state index < -0.39 is 0 Å². The highest BCUT2D eigenvalue weighted by Crippen LogP contribution is 2.38. The number of hydrogen-bond donors (Lipinski definition) is 0. The minimum Gasteiger partial charge on any atom is -0.172 e. The number of fused-ring (bicyclic) bond motifs is 1. The normalized spacial score (nSPS) is 11.1. The molecular weight excluding hydrogens is 328 g/mol. The van der Waals surface area contributed by atoms with Gasteiger partial charge in [0.1, 0.15) is 11.0 Å². The Morgan fingerprint density at radius 1 is 1.25 bits per heavy atom. The molecule has 0 aliphatic carbocycles. The molecule has 3 rings (SSSR count). The SMILES string of the molecule is Clc1cc(-c2cccs2)c2nsnc2c1Br. The van der Waals surface area contributed by atoms with Gasteiger partial charge in [-0.15, -0.1) is 11.3 Å². The second kappa shape index (κ2) is 4.07. The van der Waals surface area contributed by atoms with Gasteiger partial charge in [0.25, 0.3) is 0 Å². The molecular formula is C10H4BrClN2S2. The van der Waals surface area contributed by atoms with E-state index in [0.29, 0.717) is 5.02 Å². The van der Waals surface area contributed by atoms with Crippen LogP contribution in [0, 0.1) is 0 Å². The first-order chi connectivity index (χ1) is 7.77. The number of nitrogens with zero attached hydrogens (tertiary/aromatic N) is 2. The lowest BCUT2D eigenvalue weighted by Gasteiger charge is -2.02. The van der Waals surface area contributed by atoms with Crippen molar-refractivity contribution in [2.75, 3.05) is 0 Å². The summed E-state index contributed by atoms with van der Waals surface area (Å²) >= 11 is 12.5. The summed E-state index contributed by atoms with van der Waals surface area (Å²) in [6.45, 7) is 0. The van der Waals surface area contributed by atoms with Crippen molar-refractivity contribution >= 4 is 61.6 Å². The van der Waals surface area contributed by atoms with E-state index in [2.05, 4.69) is 30.7 Å². The molecule has 0 aliphatic rings. The van der Waals surface area contributed by atoms with Gasteiger partial charge in [-0.1, -0.05) is 17.7 Å². The third kappa shape index (κ3) is 1.59. The third-order valence-corrected chi connectivity index (χ3v) is 4.98. The van der Waals surface area contributed by atoms with Gasteiger partial charge in [0.15, 0.2) is 0 Å². The Hall–Kier alpha value is -0.490. The summed E-state index contributed by atoms with van der Waals surface area (Å²) in [5.41, 5.74) is 2.79. The minimum absolute atomic E-state index is 0.670. The van der Waals surface area contributed by atoms with Gasteiger partial charge in [-0.3, -0.25) is 0 Å². The van der Waals surface area contributed by atoms with Crippen molar-refractivity contribution in [2.24, 2.45) is 0 Å². The Balaban J connectivity index is 2.41. The predicted octanol–water partition coefficient (Wildman–Crippen LogP) is 4.84. The van der Waals surface area contributed by atoms with Crippen LogP contribution in [0.15, 0.2) is 28.1 Å². The van der Waals surface area contributed by atoms with Crippen molar-refractivity contribution in [1.29, 1.82) is 0 Å². The van der Waals surface area contributed by atoms with Gasteiger partial charge in [-0.2, -0.15) is 8.75 Å². The average molecular weight is 332 g/mol. The highest BCUT2D eigenvalue weighted by atomic mass is 79.9. The monoisotopic (exact) mass is 330 g/mol. The van der Waals surface area contributed by atoms with Crippen LogP contribution in [0.5, 0.6) is 0 Å². The predicted molar refractivity (Wildman–Crippen MR) is 73.4 cm³/mol. The third-order valence-electron chi connectivity index (χ3n) is 2.22. The van der Waals surface area contributed by atoms with Crippen molar-refractivity contribution in [3.05, 3.63) is 33.1 Å². The van der Waals surface area contributed by atoms with E-state index in [1.807, 2.05) is 17.5 Å². The van der Waals surface area contributed by atoms with E-state index in [1.165, 1.54) is 11.7 Å². The first-order valence-electron chi connectivity index (χ1n) is 4.41. The van der Waals surface area contributed by atoms with Crippen molar-refractivity contribution in [3.8, 4) is 10.4 Å². The standard InChI is InChI=1S/C10H4BrClN2S2/c11-8-6(12)4-5(7-2-1-3-15-7)9-10(8)14-16-13-9/h1-4H. The zero-order chi connectivity index (χ0) is 11.1. The van der Waals surface area contributed by atoms with Gasteiger partial charge >= 0.3 is 0 Å². The maximum Gasteiger partial charge on any atom is 0.121 e. The summed E-state index contributed by atoms with van der Waals surface area (Å²) in [4.78, 5) is 1.16. The van der Waals surface area contributed by atoms with Gasteiger partial charge in [0, 0.05) is 10.4 Å². The highest BCUT2D eigenvalue weighted by Gasteiger charge is 2.14. The van der Waals surface area contributed by atoms with Crippen molar-refractivity contribution in [2.45, 2.75) is 0 Å². The first kappa shape index (κ1) is 10.7. The molecule has 0 spiro atoms. The lowest BCUT2D eigenvalue weighted by atomic mass is 10.1. The highest BCUT2D eigenvalue weighted by molar-refractivity contribution is 9.10. The minimum atomic E-state index is 0.670. The second-order valence-corrected chi connectivity index (χ2v) is 5.84. The molecule has 2 heterocycles. The molecule has 0 saturated heterocycles.